The highest BCUT2D eigenvalue weighted by Gasteiger charge is 2.28. The third kappa shape index (κ3) is 4.60. The average molecular weight is 276 g/mol. The summed E-state index contributed by atoms with van der Waals surface area (Å²) in [5.74, 6) is 1.36. The van der Waals surface area contributed by atoms with E-state index in [1.54, 1.807) is 0 Å². The van der Waals surface area contributed by atoms with Crippen LogP contribution in [0.3, 0.4) is 0 Å². The first-order valence-corrected chi connectivity index (χ1v) is 7.93. The minimum atomic E-state index is 0.380. The van der Waals surface area contributed by atoms with Gasteiger partial charge in [0.05, 0.1) is 0 Å². The summed E-state index contributed by atoms with van der Waals surface area (Å²) < 4.78 is 0. The summed E-state index contributed by atoms with van der Waals surface area (Å²) in [7, 11) is 4.34. The second-order valence-corrected chi connectivity index (χ2v) is 6.36. The summed E-state index contributed by atoms with van der Waals surface area (Å²) in [5, 5.41) is 3.53. The molecule has 0 spiro atoms. The van der Waals surface area contributed by atoms with Gasteiger partial charge in [0.15, 0.2) is 0 Å². The minimum Gasteiger partial charge on any atom is -0.312 e. The van der Waals surface area contributed by atoms with E-state index < -0.39 is 0 Å². The van der Waals surface area contributed by atoms with Crippen LogP contribution in [0.1, 0.15) is 45.7 Å². The lowest BCUT2D eigenvalue weighted by atomic mass is 9.89. The summed E-state index contributed by atoms with van der Waals surface area (Å²) in [6.45, 7) is 10.4. The fourth-order valence-corrected chi connectivity index (χ4v) is 3.09. The minimum absolute atomic E-state index is 0.380. The molecule has 2 nitrogen and oxygen atoms in total. The predicted molar refractivity (Wildman–Crippen MR) is 89.0 cm³/mol. The van der Waals surface area contributed by atoms with E-state index in [1.165, 1.54) is 12.0 Å². The van der Waals surface area contributed by atoms with Crippen LogP contribution in [0.15, 0.2) is 30.3 Å². The molecule has 1 rings (SSSR count). The molecule has 114 valence electrons. The summed E-state index contributed by atoms with van der Waals surface area (Å²) in [6, 6.07) is 11.7. The Morgan fingerprint density at radius 1 is 1.10 bits per heavy atom. The van der Waals surface area contributed by atoms with Gasteiger partial charge in [-0.3, -0.25) is 0 Å². The summed E-state index contributed by atoms with van der Waals surface area (Å²) in [5.41, 5.74) is 1.38. The number of hydrogen-bond donors (Lipinski definition) is 1. The molecule has 1 aromatic carbocycles. The van der Waals surface area contributed by atoms with Gasteiger partial charge in [-0.25, -0.2) is 0 Å². The van der Waals surface area contributed by atoms with Gasteiger partial charge in [0.2, 0.25) is 0 Å². The van der Waals surface area contributed by atoms with Crippen LogP contribution >= 0.6 is 0 Å². The highest BCUT2D eigenvalue weighted by Crippen LogP contribution is 2.26. The second-order valence-electron chi connectivity index (χ2n) is 6.36. The Labute approximate surface area is 125 Å². The number of nitrogens with zero attached hydrogens (tertiary/aromatic N) is 1. The van der Waals surface area contributed by atoms with Gasteiger partial charge in [-0.1, -0.05) is 64.4 Å². The zero-order chi connectivity index (χ0) is 15.1. The van der Waals surface area contributed by atoms with E-state index in [1.807, 2.05) is 0 Å². The van der Waals surface area contributed by atoms with Gasteiger partial charge in [-0.2, -0.15) is 0 Å². The molecule has 0 aliphatic heterocycles. The van der Waals surface area contributed by atoms with E-state index >= 15 is 0 Å². The highest BCUT2D eigenvalue weighted by atomic mass is 15.2. The molecule has 2 heteroatoms. The molecule has 0 saturated heterocycles. The Kier molecular flexibility index (Phi) is 7.25. The summed E-state index contributed by atoms with van der Waals surface area (Å²) >= 11 is 0. The largest absolute Gasteiger partial charge is 0.312 e. The maximum atomic E-state index is 3.53. The van der Waals surface area contributed by atoms with Crippen molar-refractivity contribution in [3.63, 3.8) is 0 Å². The topological polar surface area (TPSA) is 15.3 Å². The first-order valence-electron chi connectivity index (χ1n) is 7.93. The van der Waals surface area contributed by atoms with Gasteiger partial charge in [-0.05, 0) is 31.5 Å². The van der Waals surface area contributed by atoms with E-state index in [4.69, 9.17) is 0 Å². The zero-order valence-corrected chi connectivity index (χ0v) is 14.1. The van der Waals surface area contributed by atoms with Crippen LogP contribution in [-0.4, -0.2) is 31.6 Å². The maximum absolute atomic E-state index is 3.53. The Balaban J connectivity index is 2.93. The van der Waals surface area contributed by atoms with Crippen molar-refractivity contribution in [2.24, 2.45) is 11.8 Å². The fourth-order valence-electron chi connectivity index (χ4n) is 3.09. The fraction of sp³-hybridized carbons (Fsp3) is 0.667. The van der Waals surface area contributed by atoms with Gasteiger partial charge in [0.25, 0.3) is 0 Å². The Morgan fingerprint density at radius 2 is 1.70 bits per heavy atom. The van der Waals surface area contributed by atoms with Crippen molar-refractivity contribution in [1.29, 1.82) is 0 Å². The third-order valence-corrected chi connectivity index (χ3v) is 4.30. The van der Waals surface area contributed by atoms with E-state index in [9.17, 15) is 0 Å². The van der Waals surface area contributed by atoms with Gasteiger partial charge < -0.3 is 10.2 Å². The van der Waals surface area contributed by atoms with Gasteiger partial charge in [0, 0.05) is 18.6 Å². The molecule has 0 saturated carbocycles. The molecule has 0 aliphatic rings. The summed E-state index contributed by atoms with van der Waals surface area (Å²) in [4.78, 5) is 2.53. The van der Waals surface area contributed by atoms with E-state index in [0.717, 1.165) is 12.5 Å². The molecule has 3 atom stereocenters. The molecule has 0 radical (unpaired) electrons. The lowest BCUT2D eigenvalue weighted by Crippen LogP contribution is -2.46. The monoisotopic (exact) mass is 276 g/mol. The quantitative estimate of drug-likeness (QED) is 0.773. The molecule has 0 amide bonds. The molecule has 1 N–H and O–H groups in total. The lowest BCUT2D eigenvalue weighted by molar-refractivity contribution is 0.132. The van der Waals surface area contributed by atoms with Gasteiger partial charge >= 0.3 is 0 Å². The molecule has 1 aromatic rings. The smallest absolute Gasteiger partial charge is 0.0478 e. The molecular weight excluding hydrogens is 244 g/mol. The zero-order valence-electron chi connectivity index (χ0n) is 14.1. The Hall–Kier alpha value is -0.860. The van der Waals surface area contributed by atoms with E-state index in [0.29, 0.717) is 18.0 Å². The van der Waals surface area contributed by atoms with Crippen molar-refractivity contribution < 1.29 is 0 Å². The van der Waals surface area contributed by atoms with Crippen molar-refractivity contribution in [2.75, 3.05) is 20.6 Å². The highest BCUT2D eigenvalue weighted by molar-refractivity contribution is 5.21. The second kappa shape index (κ2) is 8.43. The van der Waals surface area contributed by atoms with E-state index in [2.05, 4.69) is 82.3 Å². The Bertz CT molecular complexity index is 361. The molecule has 0 heterocycles. The van der Waals surface area contributed by atoms with Gasteiger partial charge in [-0.15, -0.1) is 0 Å². The van der Waals surface area contributed by atoms with Crippen LogP contribution in [0.2, 0.25) is 0 Å². The molecule has 3 unspecified atom stereocenters. The van der Waals surface area contributed by atoms with E-state index in [-0.39, 0.29) is 0 Å². The third-order valence-electron chi connectivity index (χ3n) is 4.30. The molecule has 20 heavy (non-hydrogen) atoms. The van der Waals surface area contributed by atoms with Crippen LogP contribution in [0.5, 0.6) is 0 Å². The average Bonchev–Trinajstić information content (AvgIpc) is 2.44. The molecule has 0 bridgehead atoms. The number of likely N-dealkylation sites (N-methyl/N-ethyl adjacent to an activating group) is 2. The molecule has 0 aliphatic carbocycles. The van der Waals surface area contributed by atoms with Crippen LogP contribution in [0.25, 0.3) is 0 Å². The summed E-state index contributed by atoms with van der Waals surface area (Å²) in [6.07, 6.45) is 1.24. The predicted octanol–water partition coefficient (Wildman–Crippen LogP) is 3.95. The standard InChI is InChI=1S/C18H32N2/c1-7-15(4)13-20(6)18(14(2)3)17(19-5)16-11-9-8-10-12-16/h8-12,14-15,17-19H,7,13H2,1-6H3. The van der Waals surface area contributed by atoms with Crippen molar-refractivity contribution in [3.8, 4) is 0 Å². The van der Waals surface area contributed by atoms with Crippen LogP contribution in [0.4, 0.5) is 0 Å². The SMILES string of the molecule is CCC(C)CN(C)C(C(C)C)C(NC)c1ccccc1. The van der Waals surface area contributed by atoms with Crippen molar-refractivity contribution in [2.45, 2.75) is 46.2 Å². The molecule has 0 aromatic heterocycles. The number of nitrogens with one attached hydrogen (secondary N) is 1. The molecular formula is C18H32N2. The number of rotatable bonds is 8. The van der Waals surface area contributed by atoms with Crippen LogP contribution in [-0.2, 0) is 0 Å². The van der Waals surface area contributed by atoms with Crippen LogP contribution in [0, 0.1) is 11.8 Å². The van der Waals surface area contributed by atoms with Crippen molar-refractivity contribution in [3.05, 3.63) is 35.9 Å². The number of benzene rings is 1. The molecule has 0 fully saturated rings. The lowest BCUT2D eigenvalue weighted by Gasteiger charge is -2.39. The van der Waals surface area contributed by atoms with Crippen LogP contribution < -0.4 is 5.32 Å². The Morgan fingerprint density at radius 3 is 2.15 bits per heavy atom. The van der Waals surface area contributed by atoms with Crippen molar-refractivity contribution in [1.82, 2.24) is 10.2 Å². The normalized spacial score (nSPS) is 16.4. The first-order chi connectivity index (χ1) is 9.51. The van der Waals surface area contributed by atoms with Gasteiger partial charge in [0.1, 0.15) is 0 Å². The number of hydrogen-bond acceptors (Lipinski definition) is 2. The first kappa shape index (κ1) is 17.2. The van der Waals surface area contributed by atoms with Crippen molar-refractivity contribution >= 4 is 0 Å². The maximum Gasteiger partial charge on any atom is 0.0478 e.